The van der Waals surface area contributed by atoms with Gasteiger partial charge in [-0.2, -0.15) is 0 Å². The molecule has 44 heavy (non-hydrogen) atoms. The first-order chi connectivity index (χ1) is 20.8. The van der Waals surface area contributed by atoms with E-state index in [1.54, 1.807) is 0 Å². The van der Waals surface area contributed by atoms with Crippen LogP contribution in [0.1, 0.15) is 6.92 Å². The molecule has 5 rings (SSSR count). The summed E-state index contributed by atoms with van der Waals surface area (Å²) < 4.78 is 32.7. The molecule has 2 aliphatic rings. The summed E-state index contributed by atoms with van der Waals surface area (Å²) in [6, 6.07) is 6.08. The molecule has 0 amide bonds. The van der Waals surface area contributed by atoms with E-state index in [2.05, 4.69) is 0 Å². The zero-order valence-corrected chi connectivity index (χ0v) is 23.3. The molecule has 0 bridgehead atoms. The van der Waals surface area contributed by atoms with E-state index >= 15 is 0 Å². The van der Waals surface area contributed by atoms with Crippen molar-refractivity contribution in [1.82, 2.24) is 0 Å². The Labute approximate surface area is 248 Å². The zero-order valence-electron chi connectivity index (χ0n) is 23.3. The van der Waals surface area contributed by atoms with E-state index in [1.165, 1.54) is 32.2 Å². The molecule has 0 radical (unpaired) electrons. The third kappa shape index (κ3) is 5.74. The molecule has 1 aromatic heterocycles. The van der Waals surface area contributed by atoms with Crippen LogP contribution in [0.5, 0.6) is 28.7 Å². The lowest BCUT2D eigenvalue weighted by Crippen LogP contribution is -2.61. The number of phenolic OH excluding ortho intramolecular Hbond substituents is 2. The van der Waals surface area contributed by atoms with Gasteiger partial charge in [0.05, 0.1) is 19.8 Å². The monoisotopic (exact) mass is 624 g/mol. The number of hydrogen-bond acceptors (Lipinski definition) is 16. The lowest BCUT2D eigenvalue weighted by molar-refractivity contribution is -0.318. The molecule has 0 unspecified atom stereocenters. The molecular weight excluding hydrogens is 592 g/mol. The number of aromatic hydroxyl groups is 3. The molecule has 9 N–H and O–H groups in total. The van der Waals surface area contributed by atoms with Crippen molar-refractivity contribution in [3.8, 4) is 40.1 Å². The van der Waals surface area contributed by atoms with Crippen LogP contribution in [-0.4, -0.2) is 121 Å². The minimum Gasteiger partial charge on any atom is -0.507 e. The Morgan fingerprint density at radius 2 is 1.48 bits per heavy atom. The van der Waals surface area contributed by atoms with Gasteiger partial charge < -0.3 is 74.1 Å². The van der Waals surface area contributed by atoms with Crippen LogP contribution in [0.2, 0.25) is 0 Å². The number of hydrogen-bond donors (Lipinski definition) is 9. The fourth-order valence-electron chi connectivity index (χ4n) is 4.99. The van der Waals surface area contributed by atoms with Crippen molar-refractivity contribution >= 4 is 11.0 Å². The van der Waals surface area contributed by atoms with Gasteiger partial charge in [-0.3, -0.25) is 4.79 Å². The maximum absolute atomic E-state index is 12.9. The highest BCUT2D eigenvalue weighted by molar-refractivity contribution is 5.88. The van der Waals surface area contributed by atoms with Crippen molar-refractivity contribution < 1.29 is 74.1 Å². The maximum Gasteiger partial charge on any atom is 0.238 e. The molecule has 10 atom stereocenters. The quantitative estimate of drug-likeness (QED) is 0.147. The van der Waals surface area contributed by atoms with E-state index in [4.69, 9.17) is 28.1 Å². The van der Waals surface area contributed by atoms with Gasteiger partial charge in [0.25, 0.3) is 0 Å². The lowest BCUT2D eigenvalue weighted by Gasteiger charge is -2.42. The number of fused-ring (bicyclic) bond motifs is 1. The van der Waals surface area contributed by atoms with Crippen molar-refractivity contribution in [1.29, 1.82) is 0 Å². The van der Waals surface area contributed by atoms with Crippen LogP contribution in [0.25, 0.3) is 22.3 Å². The minimum absolute atomic E-state index is 0.0973. The van der Waals surface area contributed by atoms with Crippen molar-refractivity contribution in [2.75, 3.05) is 13.7 Å². The van der Waals surface area contributed by atoms with Crippen molar-refractivity contribution in [3.63, 3.8) is 0 Å². The second-order valence-corrected chi connectivity index (χ2v) is 10.5. The molecule has 0 spiro atoms. The molecule has 2 aliphatic heterocycles. The topological polar surface area (TPSA) is 258 Å². The Morgan fingerprint density at radius 1 is 0.795 bits per heavy atom. The number of aliphatic hydroxyl groups is 6. The van der Waals surface area contributed by atoms with Crippen molar-refractivity contribution in [3.05, 3.63) is 40.6 Å². The van der Waals surface area contributed by atoms with E-state index in [9.17, 15) is 50.8 Å². The van der Waals surface area contributed by atoms with Crippen LogP contribution in [-0.2, 0) is 14.2 Å². The molecule has 2 fully saturated rings. The number of phenols is 2. The summed E-state index contributed by atoms with van der Waals surface area (Å²) in [6.07, 6.45) is -15.3. The van der Waals surface area contributed by atoms with Gasteiger partial charge in [0, 0.05) is 17.7 Å². The first-order valence-corrected chi connectivity index (χ1v) is 13.4. The Balaban J connectivity index is 1.39. The van der Waals surface area contributed by atoms with Crippen molar-refractivity contribution in [2.24, 2.45) is 0 Å². The summed E-state index contributed by atoms with van der Waals surface area (Å²) in [5, 5.41) is 92.3. The lowest BCUT2D eigenvalue weighted by atomic mass is 9.98. The average Bonchev–Trinajstić information content (AvgIpc) is 2.99. The van der Waals surface area contributed by atoms with Crippen molar-refractivity contribution in [2.45, 2.75) is 68.3 Å². The van der Waals surface area contributed by atoms with Crippen LogP contribution in [0.3, 0.4) is 0 Å². The van der Waals surface area contributed by atoms with Gasteiger partial charge in [-0.25, -0.2) is 0 Å². The molecule has 2 saturated heterocycles. The van der Waals surface area contributed by atoms with Crippen LogP contribution in [0.4, 0.5) is 0 Å². The summed E-state index contributed by atoms with van der Waals surface area (Å²) in [4.78, 5) is 12.9. The number of ether oxygens (including phenoxy) is 5. The molecule has 0 saturated carbocycles. The molecule has 3 aromatic rings. The molecule has 3 heterocycles. The number of benzene rings is 2. The van der Waals surface area contributed by atoms with Gasteiger partial charge in [0.2, 0.25) is 17.5 Å². The van der Waals surface area contributed by atoms with Crippen LogP contribution in [0, 0.1) is 0 Å². The van der Waals surface area contributed by atoms with Gasteiger partial charge in [-0.1, -0.05) is 0 Å². The first kappa shape index (κ1) is 31.7. The predicted molar refractivity (Wildman–Crippen MR) is 145 cm³/mol. The summed E-state index contributed by atoms with van der Waals surface area (Å²) in [5.74, 6) is -2.27. The third-order valence-corrected chi connectivity index (χ3v) is 7.52. The molecule has 2 aromatic carbocycles. The average molecular weight is 625 g/mol. The van der Waals surface area contributed by atoms with Crippen LogP contribution >= 0.6 is 0 Å². The molecule has 0 aliphatic carbocycles. The van der Waals surface area contributed by atoms with Gasteiger partial charge in [-0.05, 0) is 25.1 Å². The molecule has 240 valence electrons. The second kappa shape index (κ2) is 12.4. The SMILES string of the molecule is COc1ccc(-c2oc3cc(O[C@@H]4O[C@H](CO[C@@H]5O[C@@H](C)[C@H](O)[C@@H](O)[C@H]5O)[C@H](O)[C@H](O)[C@H]4O)cc(O)c3c(=O)c2O)cc1O. The van der Waals surface area contributed by atoms with Gasteiger partial charge >= 0.3 is 0 Å². The number of aliphatic hydroxyl groups excluding tert-OH is 6. The van der Waals surface area contributed by atoms with Gasteiger partial charge in [-0.15, -0.1) is 0 Å². The second-order valence-electron chi connectivity index (χ2n) is 10.5. The molecule has 16 nitrogen and oxygen atoms in total. The third-order valence-electron chi connectivity index (χ3n) is 7.52. The van der Waals surface area contributed by atoms with E-state index in [-0.39, 0.29) is 34.2 Å². The highest BCUT2D eigenvalue weighted by Gasteiger charge is 2.47. The Hall–Kier alpha value is -3.71. The summed E-state index contributed by atoms with van der Waals surface area (Å²) in [7, 11) is 1.34. The van der Waals surface area contributed by atoms with E-state index in [0.717, 1.165) is 12.1 Å². The zero-order chi connectivity index (χ0) is 32.0. The van der Waals surface area contributed by atoms with Gasteiger partial charge in [0.1, 0.15) is 65.2 Å². The predicted octanol–water partition coefficient (Wildman–Crippen LogP) is -1.38. The fraction of sp³-hybridized carbons (Fsp3) is 0.464. The van der Waals surface area contributed by atoms with E-state index in [1.807, 2.05) is 0 Å². The summed E-state index contributed by atoms with van der Waals surface area (Å²) in [6.45, 7) is 0.912. The highest BCUT2D eigenvalue weighted by Crippen LogP contribution is 2.39. The summed E-state index contributed by atoms with van der Waals surface area (Å²) in [5.41, 5.74) is -1.17. The van der Waals surface area contributed by atoms with E-state index in [0.29, 0.717) is 0 Å². The fourth-order valence-corrected chi connectivity index (χ4v) is 4.99. The standard InChI is InChI=1S/C28H32O16/c1-9-18(31)21(34)24(37)27(41-9)40-8-16-19(32)22(35)25(38)28(44-16)42-11-6-13(30)17-15(7-11)43-26(23(36)20(17)33)10-3-4-14(39-2)12(29)5-10/h3-7,9,16,18-19,21-22,24-25,27-32,34-38H,8H2,1-2H3/t9-,16+,18-,19-,21+,22-,24+,25+,27+,28+/m0/s1. The van der Waals surface area contributed by atoms with Gasteiger partial charge in [0.15, 0.2) is 23.5 Å². The number of methoxy groups -OCH3 is 1. The largest absolute Gasteiger partial charge is 0.507 e. The number of rotatable bonds is 7. The normalized spacial score (nSPS) is 32.5. The first-order valence-electron chi connectivity index (χ1n) is 13.4. The summed E-state index contributed by atoms with van der Waals surface area (Å²) >= 11 is 0. The van der Waals surface area contributed by atoms with E-state index < -0.39 is 90.3 Å². The molecule has 16 heteroatoms. The Kier molecular flexibility index (Phi) is 8.90. The Bertz CT molecular complexity index is 1560. The maximum atomic E-state index is 12.9. The molecular formula is C28H32O16. The van der Waals surface area contributed by atoms with Crippen LogP contribution < -0.4 is 14.9 Å². The smallest absolute Gasteiger partial charge is 0.238 e. The Morgan fingerprint density at radius 3 is 2.16 bits per heavy atom. The van der Waals surface area contributed by atoms with Crippen LogP contribution in [0.15, 0.2) is 39.5 Å². The minimum atomic E-state index is -1.82. The highest BCUT2D eigenvalue weighted by atomic mass is 16.7.